The lowest BCUT2D eigenvalue weighted by atomic mass is 10.1. The Kier molecular flexibility index (Phi) is 4.22. The van der Waals surface area contributed by atoms with E-state index in [4.69, 9.17) is 34.8 Å². The van der Waals surface area contributed by atoms with Gasteiger partial charge in [-0.15, -0.1) is 41.1 Å². The average Bonchev–Trinajstić information content (AvgIpc) is 2.67. The summed E-state index contributed by atoms with van der Waals surface area (Å²) in [5.41, 5.74) is -0.694. The van der Waals surface area contributed by atoms with Gasteiger partial charge in [0, 0.05) is 11.4 Å². The van der Waals surface area contributed by atoms with Gasteiger partial charge in [-0.3, -0.25) is 4.79 Å². The molecule has 19 heavy (non-hydrogen) atoms. The fourth-order valence-electron chi connectivity index (χ4n) is 1.98. The minimum atomic E-state index is -0.948. The Morgan fingerprint density at radius 3 is 2.63 bits per heavy atom. The molecule has 1 aliphatic carbocycles. The Balaban J connectivity index is 2.12. The summed E-state index contributed by atoms with van der Waals surface area (Å²) in [5.74, 6) is -0.0399. The van der Waals surface area contributed by atoms with E-state index in [1.807, 2.05) is 12.1 Å². The quantitative estimate of drug-likeness (QED) is 0.572. The van der Waals surface area contributed by atoms with Crippen LogP contribution in [-0.2, 0) is 11.3 Å². The molecule has 2 rings (SSSR count). The molecule has 6 heteroatoms. The minimum absolute atomic E-state index is 0.0399. The minimum Gasteiger partial charge on any atom is -0.333 e. The molecule has 0 N–H and O–H groups in total. The summed E-state index contributed by atoms with van der Waals surface area (Å²) >= 11 is 19.5. The summed E-state index contributed by atoms with van der Waals surface area (Å²) in [6.45, 7) is 6.45. The van der Waals surface area contributed by atoms with Gasteiger partial charge in [0.2, 0.25) is 5.91 Å². The van der Waals surface area contributed by atoms with Crippen molar-refractivity contribution < 1.29 is 4.79 Å². The molecule has 104 valence electrons. The molecule has 2 nitrogen and oxygen atoms in total. The predicted octanol–water partition coefficient (Wildman–Crippen LogP) is 4.50. The van der Waals surface area contributed by atoms with Crippen LogP contribution in [0.1, 0.15) is 18.2 Å². The third-order valence-electron chi connectivity index (χ3n) is 3.34. The van der Waals surface area contributed by atoms with Gasteiger partial charge in [-0.05, 0) is 25.5 Å². The van der Waals surface area contributed by atoms with Crippen LogP contribution in [0.2, 0.25) is 4.34 Å². The lowest BCUT2D eigenvalue weighted by Gasteiger charge is -2.25. The van der Waals surface area contributed by atoms with Crippen LogP contribution in [0.15, 0.2) is 24.8 Å². The maximum absolute atomic E-state index is 12.5. The molecule has 1 heterocycles. The Hall–Kier alpha value is -0.220. The van der Waals surface area contributed by atoms with E-state index >= 15 is 0 Å². The molecule has 0 aliphatic heterocycles. The third-order valence-corrected chi connectivity index (χ3v) is 5.66. The molecule has 1 fully saturated rings. The standard InChI is InChI=1S/C13H14Cl3NOS/c1-3-6-17(7-9-4-5-10(14)19-9)11(18)12(2)8-13(12,15)16/h3-5H,1,6-8H2,2H3. The van der Waals surface area contributed by atoms with Crippen LogP contribution in [0.4, 0.5) is 0 Å². The van der Waals surface area contributed by atoms with Gasteiger partial charge in [-0.1, -0.05) is 17.7 Å². The van der Waals surface area contributed by atoms with Crippen molar-refractivity contribution in [3.63, 3.8) is 0 Å². The molecule has 1 aliphatic rings. The molecule has 1 aromatic rings. The largest absolute Gasteiger partial charge is 0.333 e. The SMILES string of the molecule is C=CCN(Cc1ccc(Cl)s1)C(=O)C1(C)CC1(Cl)Cl. The van der Waals surface area contributed by atoms with Gasteiger partial charge in [0.15, 0.2) is 0 Å². The van der Waals surface area contributed by atoms with Crippen LogP contribution in [0.25, 0.3) is 0 Å². The smallest absolute Gasteiger partial charge is 0.232 e. The highest BCUT2D eigenvalue weighted by Gasteiger charge is 2.68. The lowest BCUT2D eigenvalue weighted by Crippen LogP contribution is -2.37. The first kappa shape index (κ1) is 15.2. The molecule has 1 aromatic heterocycles. The monoisotopic (exact) mass is 337 g/mol. The highest BCUT2D eigenvalue weighted by atomic mass is 35.5. The zero-order valence-corrected chi connectivity index (χ0v) is 13.5. The second kappa shape index (κ2) is 5.28. The van der Waals surface area contributed by atoms with Crippen molar-refractivity contribution in [1.82, 2.24) is 4.90 Å². The first-order valence-electron chi connectivity index (χ1n) is 5.82. The second-order valence-corrected chi connectivity index (χ2v) is 8.18. The average molecular weight is 339 g/mol. The van der Waals surface area contributed by atoms with Gasteiger partial charge in [0.1, 0.15) is 4.33 Å². The van der Waals surface area contributed by atoms with E-state index in [1.165, 1.54) is 11.3 Å². The number of carbonyl (C=O) groups excluding carboxylic acids is 1. The molecule has 1 atom stereocenters. The maximum atomic E-state index is 12.5. The summed E-state index contributed by atoms with van der Waals surface area (Å²) in [6, 6.07) is 3.74. The number of hydrogen-bond acceptors (Lipinski definition) is 2. The second-order valence-electron chi connectivity index (χ2n) is 4.89. The van der Waals surface area contributed by atoms with E-state index < -0.39 is 9.75 Å². The van der Waals surface area contributed by atoms with Crippen molar-refractivity contribution in [1.29, 1.82) is 0 Å². The Labute approximate surface area is 131 Å². The fourth-order valence-corrected chi connectivity index (χ4v) is 3.78. The maximum Gasteiger partial charge on any atom is 0.232 e. The third kappa shape index (κ3) is 2.94. The zero-order chi connectivity index (χ0) is 14.3. The molecule has 0 saturated heterocycles. The van der Waals surface area contributed by atoms with E-state index in [1.54, 1.807) is 17.9 Å². The predicted molar refractivity (Wildman–Crippen MR) is 82.1 cm³/mol. The van der Waals surface area contributed by atoms with Crippen molar-refractivity contribution in [2.45, 2.75) is 24.2 Å². The molecule has 1 saturated carbocycles. The summed E-state index contributed by atoms with van der Waals surface area (Å²) in [6.07, 6.45) is 2.18. The molecule has 0 spiro atoms. The Morgan fingerprint density at radius 1 is 1.58 bits per heavy atom. The number of thiophene rings is 1. The number of amides is 1. The van der Waals surface area contributed by atoms with E-state index in [2.05, 4.69) is 6.58 Å². The zero-order valence-electron chi connectivity index (χ0n) is 10.5. The van der Waals surface area contributed by atoms with Gasteiger partial charge < -0.3 is 4.90 Å². The molecule has 0 bridgehead atoms. The van der Waals surface area contributed by atoms with Crippen LogP contribution in [-0.4, -0.2) is 21.7 Å². The number of alkyl halides is 2. The molecule has 0 radical (unpaired) electrons. The molecule has 1 unspecified atom stereocenters. The highest BCUT2D eigenvalue weighted by molar-refractivity contribution is 7.16. The molecule has 0 aromatic carbocycles. The van der Waals surface area contributed by atoms with Crippen LogP contribution in [0, 0.1) is 5.41 Å². The number of rotatable bonds is 5. The van der Waals surface area contributed by atoms with Gasteiger partial charge in [-0.25, -0.2) is 0 Å². The van der Waals surface area contributed by atoms with Crippen molar-refractivity contribution in [2.24, 2.45) is 5.41 Å². The van der Waals surface area contributed by atoms with Gasteiger partial charge in [-0.2, -0.15) is 0 Å². The summed E-state index contributed by atoms with van der Waals surface area (Å²) in [5, 5.41) is 0. The Bertz CT molecular complexity index is 514. The van der Waals surface area contributed by atoms with E-state index in [0.29, 0.717) is 23.8 Å². The molecule has 1 amide bonds. The normalized spacial score (nSPS) is 24.0. The first-order valence-corrected chi connectivity index (χ1v) is 7.77. The van der Waals surface area contributed by atoms with E-state index in [0.717, 1.165) is 4.88 Å². The Morgan fingerprint density at radius 2 is 2.21 bits per heavy atom. The van der Waals surface area contributed by atoms with Crippen molar-refractivity contribution in [3.8, 4) is 0 Å². The van der Waals surface area contributed by atoms with Crippen molar-refractivity contribution in [3.05, 3.63) is 34.0 Å². The topological polar surface area (TPSA) is 20.3 Å². The van der Waals surface area contributed by atoms with Gasteiger partial charge in [0.05, 0.1) is 16.3 Å². The first-order chi connectivity index (χ1) is 8.80. The van der Waals surface area contributed by atoms with E-state index in [9.17, 15) is 4.79 Å². The summed E-state index contributed by atoms with van der Waals surface area (Å²) in [4.78, 5) is 15.3. The number of halogens is 3. The van der Waals surface area contributed by atoms with Crippen molar-refractivity contribution >= 4 is 52.0 Å². The van der Waals surface area contributed by atoms with Crippen molar-refractivity contribution in [2.75, 3.05) is 6.54 Å². The molecular weight excluding hydrogens is 325 g/mol. The van der Waals surface area contributed by atoms with Gasteiger partial charge >= 0.3 is 0 Å². The highest BCUT2D eigenvalue weighted by Crippen LogP contribution is 2.64. The number of nitrogens with zero attached hydrogens (tertiary/aromatic N) is 1. The van der Waals surface area contributed by atoms with Crippen LogP contribution < -0.4 is 0 Å². The van der Waals surface area contributed by atoms with Gasteiger partial charge in [0.25, 0.3) is 0 Å². The lowest BCUT2D eigenvalue weighted by molar-refractivity contribution is -0.136. The summed E-state index contributed by atoms with van der Waals surface area (Å²) in [7, 11) is 0. The number of hydrogen-bond donors (Lipinski definition) is 0. The van der Waals surface area contributed by atoms with Crippen LogP contribution in [0.3, 0.4) is 0 Å². The van der Waals surface area contributed by atoms with E-state index in [-0.39, 0.29) is 5.91 Å². The van der Waals surface area contributed by atoms with Crippen LogP contribution in [0.5, 0.6) is 0 Å². The molecular formula is C13H14Cl3NOS. The number of carbonyl (C=O) groups is 1. The fraction of sp³-hybridized carbons (Fsp3) is 0.462. The van der Waals surface area contributed by atoms with Crippen LogP contribution >= 0.6 is 46.1 Å². The summed E-state index contributed by atoms with van der Waals surface area (Å²) < 4.78 is -0.237.